The zero-order valence-corrected chi connectivity index (χ0v) is 9.74. The van der Waals surface area contributed by atoms with Crippen LogP contribution in [0.2, 0.25) is 5.02 Å². The summed E-state index contributed by atoms with van der Waals surface area (Å²) in [6.07, 6.45) is -0.620. The van der Waals surface area contributed by atoms with E-state index in [1.807, 2.05) is 0 Å². The van der Waals surface area contributed by atoms with Crippen LogP contribution in [0.25, 0.3) is 5.57 Å². The van der Waals surface area contributed by atoms with E-state index in [9.17, 15) is 9.59 Å². The molecule has 0 N–H and O–H groups in total. The number of amides is 2. The molecule has 1 heterocycles. The van der Waals surface area contributed by atoms with E-state index in [0.29, 0.717) is 10.6 Å². The normalized spacial score (nSPS) is 14.6. The molecule has 0 atom stereocenters. The van der Waals surface area contributed by atoms with Crippen molar-refractivity contribution in [2.45, 2.75) is 0 Å². The second kappa shape index (κ2) is 4.59. The van der Waals surface area contributed by atoms with Gasteiger partial charge in [-0.2, -0.15) is 0 Å². The lowest BCUT2D eigenvalue weighted by atomic mass is 10.1. The number of carbonyl (C=O) groups excluding carboxylic acids is 2. The van der Waals surface area contributed by atoms with E-state index in [1.54, 1.807) is 24.3 Å². The third-order valence-corrected chi connectivity index (χ3v) is 2.71. The number of hydrogen-bond donors (Lipinski definition) is 0. The van der Waals surface area contributed by atoms with Crippen LogP contribution in [0.3, 0.4) is 0 Å². The molecule has 0 aliphatic carbocycles. The van der Waals surface area contributed by atoms with E-state index in [0.717, 1.165) is 4.90 Å². The van der Waals surface area contributed by atoms with Crippen molar-refractivity contribution >= 4 is 29.2 Å². The molecule has 0 aromatic heterocycles. The minimum absolute atomic E-state index is 0.235. The smallest absolute Gasteiger partial charge is 0.416 e. The van der Waals surface area contributed by atoms with Crippen LogP contribution < -0.4 is 0 Å². The van der Waals surface area contributed by atoms with Crippen LogP contribution in [0.4, 0.5) is 4.79 Å². The Kier molecular flexibility index (Phi) is 3.15. The maximum Gasteiger partial charge on any atom is 0.416 e. The van der Waals surface area contributed by atoms with E-state index < -0.39 is 12.0 Å². The summed E-state index contributed by atoms with van der Waals surface area (Å²) in [5, 5.41) is 0.578. The first-order valence-electron chi connectivity index (χ1n) is 5.03. The van der Waals surface area contributed by atoms with Crippen LogP contribution >= 0.6 is 11.6 Å². The fourth-order valence-corrected chi connectivity index (χ4v) is 1.64. The Hall–Kier alpha value is -1.81. The molecule has 1 fully saturated rings. The number of cyclic esters (lactones) is 1. The molecule has 0 unspecified atom stereocenters. The summed E-state index contributed by atoms with van der Waals surface area (Å²) in [7, 11) is 0. The first-order chi connectivity index (χ1) is 8.09. The summed E-state index contributed by atoms with van der Waals surface area (Å²) < 4.78 is 4.70. The number of ether oxygens (including phenoxy) is 1. The second-order valence-corrected chi connectivity index (χ2v) is 3.99. The molecule has 1 aromatic rings. The van der Waals surface area contributed by atoms with Gasteiger partial charge < -0.3 is 4.74 Å². The van der Waals surface area contributed by atoms with Gasteiger partial charge in [-0.1, -0.05) is 30.3 Å². The van der Waals surface area contributed by atoms with E-state index >= 15 is 0 Å². The topological polar surface area (TPSA) is 46.6 Å². The van der Waals surface area contributed by atoms with Gasteiger partial charge in [-0.3, -0.25) is 4.79 Å². The summed E-state index contributed by atoms with van der Waals surface area (Å²) in [4.78, 5) is 24.2. The molecule has 0 radical (unpaired) electrons. The minimum atomic E-state index is -0.620. The quantitative estimate of drug-likeness (QED) is 0.758. The highest BCUT2D eigenvalue weighted by atomic mass is 35.5. The second-order valence-electron chi connectivity index (χ2n) is 3.56. The zero-order chi connectivity index (χ0) is 12.4. The van der Waals surface area contributed by atoms with Gasteiger partial charge in [0.15, 0.2) is 0 Å². The highest BCUT2D eigenvalue weighted by Crippen LogP contribution is 2.19. The fraction of sp³-hybridized carbons (Fsp3) is 0.167. The minimum Gasteiger partial charge on any atom is -0.447 e. The van der Waals surface area contributed by atoms with Crippen LogP contribution in [-0.4, -0.2) is 30.1 Å². The molecular formula is C12H10ClNO3. The van der Waals surface area contributed by atoms with Crippen LogP contribution in [0.1, 0.15) is 5.56 Å². The molecule has 1 aliphatic heterocycles. The number of rotatable bonds is 2. The summed E-state index contributed by atoms with van der Waals surface area (Å²) in [6, 6.07) is 6.70. The van der Waals surface area contributed by atoms with Crippen molar-refractivity contribution in [3.05, 3.63) is 41.4 Å². The lowest BCUT2D eigenvalue weighted by Gasteiger charge is -2.12. The predicted molar refractivity (Wildman–Crippen MR) is 63.5 cm³/mol. The van der Waals surface area contributed by atoms with Crippen molar-refractivity contribution in [3.8, 4) is 0 Å². The highest BCUT2D eigenvalue weighted by Gasteiger charge is 2.30. The summed E-state index contributed by atoms with van der Waals surface area (Å²) in [6.45, 7) is 4.19. The Labute approximate surface area is 103 Å². The maximum absolute atomic E-state index is 11.9. The number of nitrogens with zero attached hydrogens (tertiary/aromatic N) is 1. The molecule has 1 aromatic carbocycles. The number of hydrogen-bond acceptors (Lipinski definition) is 3. The molecule has 2 rings (SSSR count). The van der Waals surface area contributed by atoms with Crippen LogP contribution in [0, 0.1) is 0 Å². The molecule has 5 heteroatoms. The first-order valence-corrected chi connectivity index (χ1v) is 5.41. The largest absolute Gasteiger partial charge is 0.447 e. The predicted octanol–water partition coefficient (Wildman–Crippen LogP) is 2.33. The van der Waals surface area contributed by atoms with Gasteiger partial charge in [0.05, 0.1) is 6.54 Å². The first kappa shape index (κ1) is 11.7. The van der Waals surface area contributed by atoms with E-state index in [1.165, 1.54) is 0 Å². The molecule has 88 valence electrons. The van der Waals surface area contributed by atoms with Crippen molar-refractivity contribution in [2.75, 3.05) is 13.2 Å². The molecule has 0 saturated carbocycles. The van der Waals surface area contributed by atoms with Gasteiger partial charge in [-0.25, -0.2) is 9.69 Å². The standard InChI is InChI=1S/C12H10ClNO3/c1-8(9-2-4-10(13)5-3-9)11(15)14-6-7-17-12(14)16/h2-5H,1,6-7H2. The Bertz CT molecular complexity index is 481. The Morgan fingerprint density at radius 1 is 1.35 bits per heavy atom. The van der Waals surface area contributed by atoms with Gasteiger partial charge in [-0.05, 0) is 17.7 Å². The van der Waals surface area contributed by atoms with Crippen LogP contribution in [-0.2, 0) is 9.53 Å². The number of halogens is 1. The summed E-state index contributed by atoms with van der Waals surface area (Å²) in [5.74, 6) is -0.435. The van der Waals surface area contributed by atoms with Gasteiger partial charge in [-0.15, -0.1) is 0 Å². The fourth-order valence-electron chi connectivity index (χ4n) is 1.52. The highest BCUT2D eigenvalue weighted by molar-refractivity contribution is 6.30. The molecular weight excluding hydrogens is 242 g/mol. The molecule has 1 aliphatic rings. The Balaban J connectivity index is 2.17. The van der Waals surface area contributed by atoms with Gasteiger partial charge in [0.25, 0.3) is 5.91 Å². The van der Waals surface area contributed by atoms with Crippen LogP contribution in [0.15, 0.2) is 30.8 Å². The Morgan fingerprint density at radius 2 is 2.00 bits per heavy atom. The SMILES string of the molecule is C=C(C(=O)N1CCOC1=O)c1ccc(Cl)cc1. The summed E-state index contributed by atoms with van der Waals surface area (Å²) >= 11 is 5.75. The molecule has 0 bridgehead atoms. The van der Waals surface area contributed by atoms with E-state index in [4.69, 9.17) is 16.3 Å². The lowest BCUT2D eigenvalue weighted by molar-refractivity contribution is -0.121. The third kappa shape index (κ3) is 2.31. The van der Waals surface area contributed by atoms with Crippen molar-refractivity contribution in [3.63, 3.8) is 0 Å². The summed E-state index contributed by atoms with van der Waals surface area (Å²) in [5.41, 5.74) is 0.889. The van der Waals surface area contributed by atoms with Crippen molar-refractivity contribution in [1.82, 2.24) is 4.90 Å². The molecule has 0 spiro atoms. The lowest BCUT2D eigenvalue weighted by Crippen LogP contribution is -2.32. The number of benzene rings is 1. The van der Waals surface area contributed by atoms with Gasteiger partial charge >= 0.3 is 6.09 Å². The number of imide groups is 1. The molecule has 1 saturated heterocycles. The van der Waals surface area contributed by atoms with Gasteiger partial charge in [0.1, 0.15) is 6.61 Å². The van der Waals surface area contributed by atoms with Crippen molar-refractivity contribution in [1.29, 1.82) is 0 Å². The average Bonchev–Trinajstić information content (AvgIpc) is 2.74. The number of carbonyl (C=O) groups is 2. The van der Waals surface area contributed by atoms with E-state index in [2.05, 4.69) is 6.58 Å². The molecule has 17 heavy (non-hydrogen) atoms. The van der Waals surface area contributed by atoms with Crippen LogP contribution in [0.5, 0.6) is 0 Å². The van der Waals surface area contributed by atoms with Gasteiger partial charge in [0.2, 0.25) is 0 Å². The van der Waals surface area contributed by atoms with Gasteiger partial charge in [0, 0.05) is 10.6 Å². The maximum atomic E-state index is 11.9. The Morgan fingerprint density at radius 3 is 2.53 bits per heavy atom. The monoisotopic (exact) mass is 251 g/mol. The van der Waals surface area contributed by atoms with Crippen molar-refractivity contribution in [2.24, 2.45) is 0 Å². The van der Waals surface area contributed by atoms with E-state index in [-0.39, 0.29) is 18.7 Å². The van der Waals surface area contributed by atoms with Crippen molar-refractivity contribution < 1.29 is 14.3 Å². The third-order valence-electron chi connectivity index (χ3n) is 2.46. The molecule has 4 nitrogen and oxygen atoms in total. The molecule has 2 amide bonds. The zero-order valence-electron chi connectivity index (χ0n) is 8.98. The average molecular weight is 252 g/mol.